The Balaban J connectivity index is 2.16. The fraction of sp³-hybridized carbons (Fsp3) is 0.550. The molecule has 0 aliphatic rings. The highest BCUT2D eigenvalue weighted by Crippen LogP contribution is 2.24. The zero-order valence-electron chi connectivity index (χ0n) is 16.5. The molecule has 0 aliphatic carbocycles. The summed E-state index contributed by atoms with van der Waals surface area (Å²) in [7, 11) is 0. The molecule has 0 radical (unpaired) electrons. The summed E-state index contributed by atoms with van der Waals surface area (Å²) in [6.07, 6.45) is 2.28. The van der Waals surface area contributed by atoms with E-state index in [9.17, 15) is 9.59 Å². The van der Waals surface area contributed by atoms with Crippen molar-refractivity contribution in [2.45, 2.75) is 60.0 Å². The number of nitrogens with zero attached hydrogens (tertiary/aromatic N) is 2. The summed E-state index contributed by atoms with van der Waals surface area (Å²) in [6.45, 7) is 11.6. The van der Waals surface area contributed by atoms with Gasteiger partial charge in [0.05, 0.1) is 12.3 Å². The second-order valence-electron chi connectivity index (χ2n) is 7.57. The smallest absolute Gasteiger partial charge is 0.306 e. The first-order valence-electron chi connectivity index (χ1n) is 8.98. The first kappa shape index (κ1) is 19.9. The average molecular weight is 360 g/mol. The number of hydrogen-bond donors (Lipinski definition) is 0. The molecular formula is C20H28N2O4. The maximum atomic E-state index is 12.8. The molecule has 6 nitrogen and oxygen atoms in total. The summed E-state index contributed by atoms with van der Waals surface area (Å²) >= 11 is 0. The van der Waals surface area contributed by atoms with Crippen LogP contribution in [0.25, 0.3) is 5.65 Å². The number of imidazole rings is 1. The van der Waals surface area contributed by atoms with Crippen LogP contribution >= 0.6 is 0 Å². The van der Waals surface area contributed by atoms with Crippen LogP contribution in [0.4, 0.5) is 0 Å². The molecule has 0 aromatic carbocycles. The topological polar surface area (TPSA) is 69.9 Å². The number of carbonyl (C=O) groups is 2. The summed E-state index contributed by atoms with van der Waals surface area (Å²) in [5.41, 5.74) is 1.31. The SMILES string of the molecule is CCOc1cccn2c(C(=O)C[C@H](C)CC(=O)OC(C)(C)C)c(C)nc12. The number of fused-ring (bicyclic) bond motifs is 1. The van der Waals surface area contributed by atoms with Crippen molar-refractivity contribution in [3.8, 4) is 5.75 Å². The van der Waals surface area contributed by atoms with Crippen molar-refractivity contribution in [1.82, 2.24) is 9.38 Å². The predicted octanol–water partition coefficient (Wildman–Crippen LogP) is 3.98. The average Bonchev–Trinajstić information content (AvgIpc) is 2.82. The molecule has 0 bridgehead atoms. The number of ketones is 1. The molecule has 2 heterocycles. The van der Waals surface area contributed by atoms with E-state index in [1.807, 2.05) is 59.9 Å². The Morgan fingerprint density at radius 2 is 1.96 bits per heavy atom. The second-order valence-corrected chi connectivity index (χ2v) is 7.57. The Labute approximate surface area is 154 Å². The van der Waals surface area contributed by atoms with E-state index in [0.717, 1.165) is 0 Å². The minimum Gasteiger partial charge on any atom is -0.490 e. The van der Waals surface area contributed by atoms with E-state index in [2.05, 4.69) is 4.98 Å². The number of rotatable bonds is 7. The van der Waals surface area contributed by atoms with Gasteiger partial charge in [0.1, 0.15) is 11.3 Å². The number of ether oxygens (including phenoxy) is 2. The van der Waals surface area contributed by atoms with Crippen LogP contribution in [0.1, 0.15) is 63.6 Å². The Morgan fingerprint density at radius 1 is 1.27 bits per heavy atom. The lowest BCUT2D eigenvalue weighted by Gasteiger charge is -2.20. The third-order valence-electron chi connectivity index (χ3n) is 3.82. The van der Waals surface area contributed by atoms with Gasteiger partial charge >= 0.3 is 5.97 Å². The highest BCUT2D eigenvalue weighted by atomic mass is 16.6. The van der Waals surface area contributed by atoms with Crippen molar-refractivity contribution in [1.29, 1.82) is 0 Å². The van der Waals surface area contributed by atoms with Crippen LogP contribution in [-0.4, -0.2) is 33.3 Å². The number of aromatic nitrogens is 2. The molecule has 2 rings (SSSR count). The molecule has 2 aromatic heterocycles. The van der Waals surface area contributed by atoms with Crippen molar-refractivity contribution in [3.63, 3.8) is 0 Å². The minimum absolute atomic E-state index is 0.0419. The van der Waals surface area contributed by atoms with Crippen molar-refractivity contribution in [2.24, 2.45) is 5.92 Å². The van der Waals surface area contributed by atoms with Crippen LogP contribution < -0.4 is 4.74 Å². The fourth-order valence-electron chi connectivity index (χ4n) is 2.91. The van der Waals surface area contributed by atoms with E-state index >= 15 is 0 Å². The monoisotopic (exact) mass is 360 g/mol. The molecular weight excluding hydrogens is 332 g/mol. The number of pyridine rings is 1. The Hall–Kier alpha value is -2.37. The maximum absolute atomic E-state index is 12.8. The highest BCUT2D eigenvalue weighted by molar-refractivity contribution is 5.97. The number of esters is 1. The molecule has 2 aromatic rings. The van der Waals surface area contributed by atoms with E-state index in [4.69, 9.17) is 9.47 Å². The summed E-state index contributed by atoms with van der Waals surface area (Å²) in [5, 5.41) is 0. The largest absolute Gasteiger partial charge is 0.490 e. The lowest BCUT2D eigenvalue weighted by molar-refractivity contribution is -0.155. The first-order valence-corrected chi connectivity index (χ1v) is 8.98. The van der Waals surface area contributed by atoms with Crippen LogP contribution in [0.15, 0.2) is 18.3 Å². The van der Waals surface area contributed by atoms with Gasteiger partial charge in [-0.15, -0.1) is 0 Å². The highest BCUT2D eigenvalue weighted by Gasteiger charge is 2.23. The van der Waals surface area contributed by atoms with Gasteiger partial charge < -0.3 is 9.47 Å². The standard InChI is InChI=1S/C20H28N2O4/c1-7-25-16-9-8-10-22-18(14(3)21-19(16)22)15(23)11-13(2)12-17(24)26-20(4,5)6/h8-10,13H,7,11-12H2,1-6H3/t13-/m0/s1. The third-order valence-corrected chi connectivity index (χ3v) is 3.82. The number of carbonyl (C=O) groups excluding carboxylic acids is 2. The summed E-state index contributed by atoms with van der Waals surface area (Å²) in [5.74, 6) is 0.210. The van der Waals surface area contributed by atoms with E-state index in [0.29, 0.717) is 29.4 Å². The summed E-state index contributed by atoms with van der Waals surface area (Å²) < 4.78 is 12.7. The van der Waals surface area contributed by atoms with Gasteiger partial charge in [-0.05, 0) is 52.7 Å². The fourth-order valence-corrected chi connectivity index (χ4v) is 2.91. The molecule has 0 saturated heterocycles. The zero-order chi connectivity index (χ0) is 19.5. The molecule has 6 heteroatoms. The van der Waals surface area contributed by atoms with Crippen LogP contribution in [0, 0.1) is 12.8 Å². The second kappa shape index (κ2) is 7.89. The number of Topliss-reactive ketones (excluding diaryl/α,β-unsaturated/α-hetero) is 1. The maximum Gasteiger partial charge on any atom is 0.306 e. The zero-order valence-corrected chi connectivity index (χ0v) is 16.5. The van der Waals surface area contributed by atoms with E-state index < -0.39 is 5.60 Å². The van der Waals surface area contributed by atoms with Gasteiger partial charge in [0.25, 0.3) is 0 Å². The molecule has 26 heavy (non-hydrogen) atoms. The van der Waals surface area contributed by atoms with Gasteiger partial charge in [0.2, 0.25) is 0 Å². The molecule has 1 atom stereocenters. The number of hydrogen-bond acceptors (Lipinski definition) is 5. The van der Waals surface area contributed by atoms with Crippen molar-refractivity contribution >= 4 is 17.4 Å². The summed E-state index contributed by atoms with van der Waals surface area (Å²) in [4.78, 5) is 29.3. The Kier molecular flexibility index (Phi) is 6.05. The lowest BCUT2D eigenvalue weighted by Crippen LogP contribution is -2.25. The van der Waals surface area contributed by atoms with Crippen LogP contribution in [0.3, 0.4) is 0 Å². The predicted molar refractivity (Wildman–Crippen MR) is 99.7 cm³/mol. The van der Waals surface area contributed by atoms with Gasteiger partial charge in [0, 0.05) is 19.0 Å². The van der Waals surface area contributed by atoms with Crippen molar-refractivity contribution in [2.75, 3.05) is 6.61 Å². The van der Waals surface area contributed by atoms with Crippen molar-refractivity contribution < 1.29 is 19.1 Å². The van der Waals surface area contributed by atoms with Crippen molar-refractivity contribution in [3.05, 3.63) is 29.7 Å². The molecule has 0 amide bonds. The summed E-state index contributed by atoms with van der Waals surface area (Å²) in [6, 6.07) is 3.67. The van der Waals surface area contributed by atoms with Crippen LogP contribution in [-0.2, 0) is 9.53 Å². The molecule has 0 N–H and O–H groups in total. The quantitative estimate of drug-likeness (QED) is 0.552. The molecule has 0 saturated carbocycles. The van der Waals surface area contributed by atoms with Gasteiger partial charge in [-0.2, -0.15) is 0 Å². The first-order chi connectivity index (χ1) is 12.1. The van der Waals surface area contributed by atoms with Gasteiger partial charge in [0.15, 0.2) is 17.2 Å². The molecule has 0 spiro atoms. The van der Waals surface area contributed by atoms with E-state index in [-0.39, 0.29) is 30.5 Å². The van der Waals surface area contributed by atoms with E-state index in [1.54, 1.807) is 4.40 Å². The molecule has 0 aliphatic heterocycles. The van der Waals surface area contributed by atoms with Crippen LogP contribution in [0.2, 0.25) is 0 Å². The number of aryl methyl sites for hydroxylation is 1. The third kappa shape index (κ3) is 4.84. The Bertz CT molecular complexity index is 802. The molecule has 142 valence electrons. The molecule has 0 unspecified atom stereocenters. The lowest BCUT2D eigenvalue weighted by atomic mass is 9.99. The molecule has 0 fully saturated rings. The normalized spacial score (nSPS) is 12.8. The Morgan fingerprint density at radius 3 is 2.58 bits per heavy atom. The van der Waals surface area contributed by atoms with Gasteiger partial charge in [-0.3, -0.25) is 14.0 Å². The van der Waals surface area contributed by atoms with Crippen LogP contribution in [0.5, 0.6) is 5.75 Å². The van der Waals surface area contributed by atoms with Gasteiger partial charge in [-0.1, -0.05) is 6.92 Å². The minimum atomic E-state index is -0.519. The van der Waals surface area contributed by atoms with E-state index in [1.165, 1.54) is 0 Å². The van der Waals surface area contributed by atoms with Gasteiger partial charge in [-0.25, -0.2) is 4.98 Å².